The first kappa shape index (κ1) is 13.0. The summed E-state index contributed by atoms with van der Waals surface area (Å²) in [5.74, 6) is 1.28. The van der Waals surface area contributed by atoms with Crippen LogP contribution >= 0.6 is 22.6 Å². The third-order valence-corrected chi connectivity index (χ3v) is 3.38. The Hall–Kier alpha value is -0.0500. The Kier molecular flexibility index (Phi) is 5.10. The van der Waals surface area contributed by atoms with Crippen molar-refractivity contribution in [2.75, 3.05) is 4.43 Å². The van der Waals surface area contributed by atoms with Gasteiger partial charge in [0.2, 0.25) is 0 Å². The molecule has 1 rings (SSSR count). The molecule has 1 heteroatoms. The van der Waals surface area contributed by atoms with E-state index in [0.29, 0.717) is 11.8 Å². The van der Waals surface area contributed by atoms with Crippen LogP contribution < -0.4 is 0 Å². The Labute approximate surface area is 108 Å². The molecule has 0 spiro atoms. The van der Waals surface area contributed by atoms with E-state index in [1.54, 1.807) is 5.56 Å². The van der Waals surface area contributed by atoms with E-state index in [-0.39, 0.29) is 0 Å². The van der Waals surface area contributed by atoms with Crippen LogP contribution in [0.2, 0.25) is 0 Å². The minimum atomic E-state index is 0.640. The topological polar surface area (TPSA) is 0 Å². The van der Waals surface area contributed by atoms with Gasteiger partial charge >= 0.3 is 0 Å². The van der Waals surface area contributed by atoms with E-state index in [2.05, 4.69) is 68.5 Å². The number of alkyl halides is 1. The summed E-state index contributed by atoms with van der Waals surface area (Å²) in [5, 5.41) is 0. The first-order valence-electron chi connectivity index (χ1n) is 5.75. The van der Waals surface area contributed by atoms with Crippen LogP contribution in [0.25, 0.3) is 0 Å². The maximum absolute atomic E-state index is 2.47. The van der Waals surface area contributed by atoms with E-state index in [0.717, 1.165) is 0 Å². The molecule has 0 nitrogen and oxygen atoms in total. The van der Waals surface area contributed by atoms with E-state index >= 15 is 0 Å². The van der Waals surface area contributed by atoms with E-state index in [9.17, 15) is 0 Å². The van der Waals surface area contributed by atoms with Crippen LogP contribution in [0.4, 0.5) is 0 Å². The van der Waals surface area contributed by atoms with Gasteiger partial charge in [-0.15, -0.1) is 0 Å². The van der Waals surface area contributed by atoms with E-state index in [4.69, 9.17) is 0 Å². The zero-order valence-corrected chi connectivity index (χ0v) is 12.3. The van der Waals surface area contributed by atoms with Crippen molar-refractivity contribution >= 4 is 22.6 Å². The Balaban J connectivity index is 3.21. The quantitative estimate of drug-likeness (QED) is 0.547. The zero-order chi connectivity index (χ0) is 11.4. The van der Waals surface area contributed by atoms with Gasteiger partial charge in [0.25, 0.3) is 0 Å². The second kappa shape index (κ2) is 5.88. The van der Waals surface area contributed by atoms with Gasteiger partial charge < -0.3 is 0 Å². The second-order valence-corrected chi connectivity index (χ2v) is 5.74. The molecular formula is C14H21I. The normalized spacial score (nSPS) is 11.4. The average molecular weight is 316 g/mol. The highest BCUT2D eigenvalue weighted by Gasteiger charge is 2.12. The van der Waals surface area contributed by atoms with Gasteiger partial charge in [-0.25, -0.2) is 0 Å². The SMILES string of the molecule is CC(C)c1cccc(C(C)C)c1CCI. The summed E-state index contributed by atoms with van der Waals surface area (Å²) in [5.41, 5.74) is 4.67. The molecule has 1 aromatic carbocycles. The first-order chi connectivity index (χ1) is 7.07. The van der Waals surface area contributed by atoms with Crippen molar-refractivity contribution in [1.29, 1.82) is 0 Å². The molecule has 0 aliphatic heterocycles. The summed E-state index contributed by atoms with van der Waals surface area (Å²) in [7, 11) is 0. The maximum Gasteiger partial charge on any atom is 0.00360 e. The summed E-state index contributed by atoms with van der Waals surface area (Å²) >= 11 is 2.47. The van der Waals surface area contributed by atoms with Crippen molar-refractivity contribution in [3.63, 3.8) is 0 Å². The molecule has 1 aromatic rings. The molecule has 0 amide bonds. The minimum Gasteiger partial charge on any atom is -0.0860 e. The summed E-state index contributed by atoms with van der Waals surface area (Å²) in [6.45, 7) is 9.15. The van der Waals surface area contributed by atoms with Crippen molar-refractivity contribution in [3.8, 4) is 0 Å². The van der Waals surface area contributed by atoms with Crippen LogP contribution in [0.15, 0.2) is 18.2 Å². The highest BCUT2D eigenvalue weighted by atomic mass is 127. The lowest BCUT2D eigenvalue weighted by Crippen LogP contribution is -2.03. The number of hydrogen-bond acceptors (Lipinski definition) is 0. The van der Waals surface area contributed by atoms with Gasteiger partial charge in [-0.2, -0.15) is 0 Å². The third-order valence-electron chi connectivity index (χ3n) is 2.84. The second-order valence-electron chi connectivity index (χ2n) is 4.66. The predicted molar refractivity (Wildman–Crippen MR) is 77.2 cm³/mol. The predicted octanol–water partition coefficient (Wildman–Crippen LogP) is 4.91. The highest BCUT2D eigenvalue weighted by Crippen LogP contribution is 2.28. The molecule has 0 bridgehead atoms. The molecule has 0 saturated carbocycles. The molecule has 0 heterocycles. The minimum absolute atomic E-state index is 0.640. The Morgan fingerprint density at radius 3 is 1.80 bits per heavy atom. The Morgan fingerprint density at radius 2 is 1.47 bits per heavy atom. The van der Waals surface area contributed by atoms with E-state index in [1.165, 1.54) is 22.0 Å². The lowest BCUT2D eigenvalue weighted by atomic mass is 9.87. The highest BCUT2D eigenvalue weighted by molar-refractivity contribution is 14.1. The standard InChI is InChI=1S/C14H21I/c1-10(2)12-6-5-7-13(11(3)4)14(12)8-9-15/h5-7,10-11H,8-9H2,1-4H3. The molecule has 0 atom stereocenters. The largest absolute Gasteiger partial charge is 0.0860 e. The van der Waals surface area contributed by atoms with Crippen molar-refractivity contribution in [1.82, 2.24) is 0 Å². The number of rotatable bonds is 4. The van der Waals surface area contributed by atoms with Crippen LogP contribution in [0.1, 0.15) is 56.2 Å². The molecule has 0 aliphatic rings. The van der Waals surface area contributed by atoms with Gasteiger partial charge in [0.1, 0.15) is 0 Å². The number of halogens is 1. The van der Waals surface area contributed by atoms with Gasteiger partial charge in [-0.1, -0.05) is 68.5 Å². The lowest BCUT2D eigenvalue weighted by molar-refractivity contribution is 0.803. The van der Waals surface area contributed by atoms with Crippen molar-refractivity contribution < 1.29 is 0 Å². The van der Waals surface area contributed by atoms with Crippen LogP contribution in [0.3, 0.4) is 0 Å². The molecule has 0 aromatic heterocycles. The van der Waals surface area contributed by atoms with E-state index < -0.39 is 0 Å². The third kappa shape index (κ3) is 3.20. The monoisotopic (exact) mass is 316 g/mol. The molecule has 0 saturated heterocycles. The lowest BCUT2D eigenvalue weighted by Gasteiger charge is -2.18. The fourth-order valence-corrected chi connectivity index (χ4v) is 2.63. The van der Waals surface area contributed by atoms with Crippen LogP contribution in [-0.4, -0.2) is 4.43 Å². The molecule has 0 aliphatic carbocycles. The van der Waals surface area contributed by atoms with Gasteiger partial charge in [0.05, 0.1) is 0 Å². The maximum atomic E-state index is 2.47. The zero-order valence-electron chi connectivity index (χ0n) is 10.2. The molecule has 0 radical (unpaired) electrons. The molecule has 0 fully saturated rings. The Morgan fingerprint density at radius 1 is 1.00 bits per heavy atom. The van der Waals surface area contributed by atoms with Gasteiger partial charge in [0, 0.05) is 4.43 Å². The molecular weight excluding hydrogens is 295 g/mol. The molecule has 0 N–H and O–H groups in total. The van der Waals surface area contributed by atoms with Gasteiger partial charge in [-0.05, 0) is 34.9 Å². The summed E-state index contributed by atoms with van der Waals surface area (Å²) in [6, 6.07) is 6.79. The van der Waals surface area contributed by atoms with Crippen LogP contribution in [0.5, 0.6) is 0 Å². The van der Waals surface area contributed by atoms with Crippen LogP contribution in [-0.2, 0) is 6.42 Å². The fourth-order valence-electron chi connectivity index (χ4n) is 2.09. The van der Waals surface area contributed by atoms with E-state index in [1.807, 2.05) is 0 Å². The Bertz CT molecular complexity index is 287. The first-order valence-corrected chi connectivity index (χ1v) is 7.28. The van der Waals surface area contributed by atoms with Crippen molar-refractivity contribution in [3.05, 3.63) is 34.9 Å². The van der Waals surface area contributed by atoms with Crippen molar-refractivity contribution in [2.24, 2.45) is 0 Å². The smallest absolute Gasteiger partial charge is 0.00360 e. The molecule has 15 heavy (non-hydrogen) atoms. The summed E-state index contributed by atoms with van der Waals surface area (Å²) in [6.07, 6.45) is 1.21. The number of hydrogen-bond donors (Lipinski definition) is 0. The average Bonchev–Trinajstić information content (AvgIpc) is 2.17. The van der Waals surface area contributed by atoms with Crippen molar-refractivity contribution in [2.45, 2.75) is 46.0 Å². The summed E-state index contributed by atoms with van der Waals surface area (Å²) in [4.78, 5) is 0. The summed E-state index contributed by atoms with van der Waals surface area (Å²) < 4.78 is 1.21. The molecule has 0 unspecified atom stereocenters. The van der Waals surface area contributed by atoms with Gasteiger partial charge in [-0.3, -0.25) is 0 Å². The molecule has 84 valence electrons. The van der Waals surface area contributed by atoms with Crippen LogP contribution in [0, 0.1) is 0 Å². The number of benzene rings is 1. The van der Waals surface area contributed by atoms with Gasteiger partial charge in [0.15, 0.2) is 0 Å². The fraction of sp³-hybridized carbons (Fsp3) is 0.571.